The molecule has 0 bridgehead atoms. The van der Waals surface area contributed by atoms with Crippen molar-refractivity contribution in [2.24, 2.45) is 5.73 Å². The SMILES string of the molecule is NC(=O)CC[C@@H](NC(=O)NCCc1ncno1)C(=O)O. The van der Waals surface area contributed by atoms with Crippen molar-refractivity contribution in [2.75, 3.05) is 6.54 Å². The van der Waals surface area contributed by atoms with E-state index in [1.54, 1.807) is 0 Å². The molecule has 1 aromatic heterocycles. The fraction of sp³-hybridized carbons (Fsp3) is 0.500. The molecule has 110 valence electrons. The van der Waals surface area contributed by atoms with Crippen molar-refractivity contribution in [1.82, 2.24) is 20.8 Å². The quantitative estimate of drug-likeness (QED) is 0.458. The third-order valence-electron chi connectivity index (χ3n) is 2.31. The largest absolute Gasteiger partial charge is 0.480 e. The first-order valence-electron chi connectivity index (χ1n) is 5.80. The van der Waals surface area contributed by atoms with E-state index in [4.69, 9.17) is 15.4 Å². The van der Waals surface area contributed by atoms with Gasteiger partial charge in [0.15, 0.2) is 6.33 Å². The molecule has 10 heteroatoms. The lowest BCUT2D eigenvalue weighted by Crippen LogP contribution is -2.46. The van der Waals surface area contributed by atoms with Crippen LogP contribution in [0, 0.1) is 0 Å². The maximum Gasteiger partial charge on any atom is 0.326 e. The number of hydrogen-bond donors (Lipinski definition) is 4. The number of aromatic nitrogens is 2. The average Bonchev–Trinajstić information content (AvgIpc) is 2.87. The number of urea groups is 1. The molecular weight excluding hydrogens is 270 g/mol. The molecule has 1 atom stereocenters. The number of carboxylic acid groups (broad SMARTS) is 1. The number of carbonyl (C=O) groups is 3. The Morgan fingerprint density at radius 3 is 2.75 bits per heavy atom. The third kappa shape index (κ3) is 5.80. The Labute approximate surface area is 113 Å². The number of aliphatic carboxylic acids is 1. The van der Waals surface area contributed by atoms with E-state index in [-0.39, 0.29) is 19.4 Å². The van der Waals surface area contributed by atoms with Crippen LogP contribution in [0.4, 0.5) is 4.79 Å². The summed E-state index contributed by atoms with van der Waals surface area (Å²) in [4.78, 5) is 36.7. The lowest BCUT2D eigenvalue weighted by Gasteiger charge is -2.14. The van der Waals surface area contributed by atoms with Crippen LogP contribution in [0.3, 0.4) is 0 Å². The summed E-state index contributed by atoms with van der Waals surface area (Å²) in [5.74, 6) is -1.51. The Morgan fingerprint density at radius 2 is 2.20 bits per heavy atom. The number of nitrogens with zero attached hydrogens (tertiary/aromatic N) is 2. The van der Waals surface area contributed by atoms with E-state index in [0.29, 0.717) is 12.3 Å². The summed E-state index contributed by atoms with van der Waals surface area (Å²) in [6, 6.07) is -1.84. The van der Waals surface area contributed by atoms with Crippen LogP contribution in [-0.4, -0.2) is 45.7 Å². The number of hydrogen-bond acceptors (Lipinski definition) is 6. The van der Waals surface area contributed by atoms with Crippen LogP contribution in [0.5, 0.6) is 0 Å². The molecule has 20 heavy (non-hydrogen) atoms. The Hall–Kier alpha value is -2.65. The second-order valence-corrected chi connectivity index (χ2v) is 3.88. The van der Waals surface area contributed by atoms with Crippen LogP contribution < -0.4 is 16.4 Å². The second kappa shape index (κ2) is 7.71. The van der Waals surface area contributed by atoms with Crippen molar-refractivity contribution in [1.29, 1.82) is 0 Å². The minimum absolute atomic E-state index is 0.0677. The van der Waals surface area contributed by atoms with E-state index in [9.17, 15) is 14.4 Å². The van der Waals surface area contributed by atoms with Crippen LogP contribution in [0.25, 0.3) is 0 Å². The maximum absolute atomic E-state index is 11.5. The van der Waals surface area contributed by atoms with Crippen molar-refractivity contribution in [2.45, 2.75) is 25.3 Å². The fourth-order valence-corrected chi connectivity index (χ4v) is 1.34. The summed E-state index contributed by atoms with van der Waals surface area (Å²) in [7, 11) is 0. The molecule has 0 saturated heterocycles. The first-order valence-corrected chi connectivity index (χ1v) is 5.80. The Kier molecular flexibility index (Phi) is 5.94. The molecule has 1 rings (SSSR count). The first kappa shape index (κ1) is 15.4. The molecule has 0 aliphatic heterocycles. The Morgan fingerprint density at radius 1 is 1.45 bits per heavy atom. The van der Waals surface area contributed by atoms with E-state index >= 15 is 0 Å². The van der Waals surface area contributed by atoms with Crippen LogP contribution in [0.1, 0.15) is 18.7 Å². The zero-order valence-corrected chi connectivity index (χ0v) is 10.5. The molecule has 0 fully saturated rings. The molecule has 0 spiro atoms. The highest BCUT2D eigenvalue weighted by Crippen LogP contribution is 1.97. The topological polar surface area (TPSA) is 160 Å². The predicted octanol–water partition coefficient (Wildman–Crippen LogP) is -1.37. The number of nitrogens with one attached hydrogen (secondary N) is 2. The summed E-state index contributed by atoms with van der Waals surface area (Å²) >= 11 is 0. The van der Waals surface area contributed by atoms with Gasteiger partial charge in [-0.1, -0.05) is 5.16 Å². The van der Waals surface area contributed by atoms with Gasteiger partial charge in [0.1, 0.15) is 6.04 Å². The Bertz CT molecular complexity index is 461. The summed E-state index contributed by atoms with van der Waals surface area (Å²) in [5.41, 5.74) is 4.92. The van der Waals surface area contributed by atoms with Gasteiger partial charge in [-0.2, -0.15) is 4.98 Å². The van der Waals surface area contributed by atoms with E-state index in [0.717, 1.165) is 0 Å². The molecule has 0 unspecified atom stereocenters. The summed E-state index contributed by atoms with van der Waals surface area (Å²) < 4.78 is 4.72. The molecule has 0 aromatic carbocycles. The van der Waals surface area contributed by atoms with Gasteiger partial charge in [-0.25, -0.2) is 9.59 Å². The van der Waals surface area contributed by atoms with Crippen LogP contribution in [-0.2, 0) is 16.0 Å². The fourth-order valence-electron chi connectivity index (χ4n) is 1.34. The monoisotopic (exact) mass is 285 g/mol. The lowest BCUT2D eigenvalue weighted by molar-refractivity contribution is -0.139. The van der Waals surface area contributed by atoms with E-state index in [1.165, 1.54) is 6.33 Å². The van der Waals surface area contributed by atoms with Crippen molar-refractivity contribution in [3.05, 3.63) is 12.2 Å². The average molecular weight is 285 g/mol. The molecule has 0 aliphatic carbocycles. The molecule has 0 aliphatic rings. The van der Waals surface area contributed by atoms with Crippen LogP contribution >= 0.6 is 0 Å². The number of carbonyl (C=O) groups excluding carboxylic acids is 2. The first-order chi connectivity index (χ1) is 9.49. The highest BCUT2D eigenvalue weighted by molar-refractivity contribution is 5.83. The Balaban J connectivity index is 2.30. The minimum Gasteiger partial charge on any atom is -0.480 e. The van der Waals surface area contributed by atoms with Gasteiger partial charge in [0.2, 0.25) is 11.8 Å². The van der Waals surface area contributed by atoms with Crippen LogP contribution in [0.15, 0.2) is 10.9 Å². The summed E-state index contributed by atoms with van der Waals surface area (Å²) in [6.45, 7) is 0.205. The number of carboxylic acids is 1. The number of primary amides is 1. The van der Waals surface area contributed by atoms with Crippen molar-refractivity contribution >= 4 is 17.9 Å². The van der Waals surface area contributed by atoms with Crippen molar-refractivity contribution in [3.8, 4) is 0 Å². The number of nitrogens with two attached hydrogens (primary N) is 1. The van der Waals surface area contributed by atoms with Gasteiger partial charge in [-0.05, 0) is 6.42 Å². The van der Waals surface area contributed by atoms with Gasteiger partial charge in [-0.15, -0.1) is 0 Å². The van der Waals surface area contributed by atoms with E-state index < -0.39 is 23.9 Å². The van der Waals surface area contributed by atoms with Crippen molar-refractivity contribution < 1.29 is 24.0 Å². The number of amides is 3. The molecule has 1 aromatic rings. The van der Waals surface area contributed by atoms with E-state index in [1.807, 2.05) is 0 Å². The second-order valence-electron chi connectivity index (χ2n) is 3.88. The lowest BCUT2D eigenvalue weighted by atomic mass is 10.1. The minimum atomic E-state index is -1.24. The van der Waals surface area contributed by atoms with Gasteiger partial charge in [-0.3, -0.25) is 4.79 Å². The molecule has 0 radical (unpaired) electrons. The highest BCUT2D eigenvalue weighted by Gasteiger charge is 2.20. The molecule has 1 heterocycles. The standard InChI is InChI=1S/C10H15N5O5/c11-7(16)2-1-6(9(17)18)15-10(19)12-4-3-8-13-5-14-20-8/h5-6H,1-4H2,(H2,11,16)(H,17,18)(H2,12,15,19)/t6-/m1/s1. The predicted molar refractivity (Wildman–Crippen MR) is 64.4 cm³/mol. The third-order valence-corrected chi connectivity index (χ3v) is 2.31. The maximum atomic E-state index is 11.5. The molecular formula is C10H15N5O5. The van der Waals surface area contributed by atoms with Crippen LogP contribution in [0.2, 0.25) is 0 Å². The van der Waals surface area contributed by atoms with Gasteiger partial charge in [0, 0.05) is 19.4 Å². The van der Waals surface area contributed by atoms with E-state index in [2.05, 4.69) is 20.8 Å². The van der Waals surface area contributed by atoms with Gasteiger partial charge >= 0.3 is 12.0 Å². The zero-order valence-electron chi connectivity index (χ0n) is 10.5. The van der Waals surface area contributed by atoms with Gasteiger partial charge in [0.05, 0.1) is 0 Å². The molecule has 3 amide bonds. The highest BCUT2D eigenvalue weighted by atomic mass is 16.5. The smallest absolute Gasteiger partial charge is 0.326 e. The van der Waals surface area contributed by atoms with Gasteiger partial charge < -0.3 is 26.0 Å². The summed E-state index contributed by atoms with van der Waals surface area (Å²) in [6.07, 6.45) is 1.37. The molecule has 0 saturated carbocycles. The van der Waals surface area contributed by atoms with Gasteiger partial charge in [0.25, 0.3) is 0 Å². The molecule has 5 N–H and O–H groups in total. The molecule has 10 nitrogen and oxygen atoms in total. The number of rotatable bonds is 8. The van der Waals surface area contributed by atoms with Crippen molar-refractivity contribution in [3.63, 3.8) is 0 Å². The summed E-state index contributed by atoms with van der Waals surface area (Å²) in [5, 5.41) is 16.9. The normalized spacial score (nSPS) is 11.6. The zero-order chi connectivity index (χ0) is 15.0.